The fourth-order valence-corrected chi connectivity index (χ4v) is 2.57. The van der Waals surface area contributed by atoms with Crippen LogP contribution in [0.2, 0.25) is 0 Å². The highest BCUT2D eigenvalue weighted by molar-refractivity contribution is 5.94. The van der Waals surface area contributed by atoms with Gasteiger partial charge in [-0.25, -0.2) is 0 Å². The third kappa shape index (κ3) is 5.47. The van der Waals surface area contributed by atoms with E-state index in [0.717, 1.165) is 17.7 Å². The average molecular weight is 402 g/mol. The van der Waals surface area contributed by atoms with Gasteiger partial charge in [-0.2, -0.15) is 13.2 Å². The molecule has 0 atom stereocenters. The largest absolute Gasteiger partial charge is 0.451 e. The first-order valence-corrected chi connectivity index (χ1v) is 8.69. The summed E-state index contributed by atoms with van der Waals surface area (Å²) in [4.78, 5) is 24.0. The van der Waals surface area contributed by atoms with Gasteiger partial charge in [0.2, 0.25) is 5.91 Å². The molecule has 2 aromatic carbocycles. The van der Waals surface area contributed by atoms with Crippen molar-refractivity contribution < 1.29 is 27.2 Å². The van der Waals surface area contributed by atoms with Crippen molar-refractivity contribution in [2.24, 2.45) is 0 Å². The minimum atomic E-state index is -4.48. The maximum Gasteiger partial charge on any atom is 0.416 e. The van der Waals surface area contributed by atoms with Crippen molar-refractivity contribution in [3.05, 3.63) is 83.6 Å². The Morgan fingerprint density at radius 1 is 0.897 bits per heavy atom. The highest BCUT2D eigenvalue weighted by atomic mass is 19.4. The van der Waals surface area contributed by atoms with Crippen LogP contribution in [0.4, 0.5) is 13.2 Å². The van der Waals surface area contributed by atoms with Crippen LogP contribution in [0.25, 0.3) is 11.3 Å². The summed E-state index contributed by atoms with van der Waals surface area (Å²) < 4.78 is 43.8. The number of carbonyl (C=O) groups excluding carboxylic acids is 2. The quantitative estimate of drug-likeness (QED) is 0.655. The molecule has 8 heteroatoms. The number of furan rings is 1. The number of nitrogens with one attached hydrogen (secondary N) is 2. The molecule has 29 heavy (non-hydrogen) atoms. The Balaban J connectivity index is 1.56. The van der Waals surface area contributed by atoms with E-state index >= 15 is 0 Å². The van der Waals surface area contributed by atoms with Gasteiger partial charge < -0.3 is 15.1 Å². The van der Waals surface area contributed by atoms with E-state index in [1.165, 1.54) is 24.3 Å². The third-order valence-corrected chi connectivity index (χ3v) is 4.05. The minimum Gasteiger partial charge on any atom is -0.451 e. The van der Waals surface area contributed by atoms with E-state index in [2.05, 4.69) is 10.6 Å². The molecule has 1 heterocycles. The van der Waals surface area contributed by atoms with Gasteiger partial charge in [-0.1, -0.05) is 42.5 Å². The Morgan fingerprint density at radius 2 is 1.66 bits per heavy atom. The van der Waals surface area contributed by atoms with E-state index in [1.807, 2.05) is 30.3 Å². The van der Waals surface area contributed by atoms with Crippen LogP contribution in [0.3, 0.4) is 0 Å². The standard InChI is InChI=1S/C21H17F3N2O3/c22-21(23,24)16-8-4-7-15(11-16)17-9-10-18(29-17)20(28)26-13-19(27)25-12-14-5-2-1-3-6-14/h1-11H,12-13H2,(H,25,27)(H,26,28). The van der Waals surface area contributed by atoms with Crippen LogP contribution < -0.4 is 10.6 Å². The highest BCUT2D eigenvalue weighted by Crippen LogP contribution is 2.32. The van der Waals surface area contributed by atoms with Crippen molar-refractivity contribution in [2.75, 3.05) is 6.54 Å². The zero-order chi connectivity index (χ0) is 20.9. The summed E-state index contributed by atoms with van der Waals surface area (Å²) in [5, 5.41) is 5.08. The fraction of sp³-hybridized carbons (Fsp3) is 0.143. The molecule has 150 valence electrons. The van der Waals surface area contributed by atoms with Gasteiger partial charge in [0.15, 0.2) is 5.76 Å². The fourth-order valence-electron chi connectivity index (χ4n) is 2.57. The summed E-state index contributed by atoms with van der Waals surface area (Å²) in [5.41, 5.74) is 0.302. The molecule has 0 aliphatic heterocycles. The molecule has 1 aromatic heterocycles. The summed E-state index contributed by atoms with van der Waals surface area (Å²) in [6, 6.07) is 16.6. The van der Waals surface area contributed by atoms with Crippen LogP contribution in [0.5, 0.6) is 0 Å². The predicted molar refractivity (Wildman–Crippen MR) is 99.8 cm³/mol. The van der Waals surface area contributed by atoms with Crippen molar-refractivity contribution >= 4 is 11.8 Å². The van der Waals surface area contributed by atoms with E-state index in [4.69, 9.17) is 4.42 Å². The smallest absolute Gasteiger partial charge is 0.416 e. The van der Waals surface area contributed by atoms with E-state index in [-0.39, 0.29) is 29.5 Å². The van der Waals surface area contributed by atoms with Crippen LogP contribution in [-0.2, 0) is 17.5 Å². The summed E-state index contributed by atoms with van der Waals surface area (Å²) in [6.45, 7) is 0.0707. The van der Waals surface area contributed by atoms with Gasteiger partial charge >= 0.3 is 6.18 Å². The normalized spacial score (nSPS) is 11.1. The van der Waals surface area contributed by atoms with Crippen molar-refractivity contribution in [1.29, 1.82) is 0 Å². The van der Waals surface area contributed by atoms with E-state index in [9.17, 15) is 22.8 Å². The lowest BCUT2D eigenvalue weighted by atomic mass is 10.1. The van der Waals surface area contributed by atoms with Crippen LogP contribution >= 0.6 is 0 Å². The molecule has 5 nitrogen and oxygen atoms in total. The first-order valence-electron chi connectivity index (χ1n) is 8.69. The monoisotopic (exact) mass is 402 g/mol. The van der Waals surface area contributed by atoms with Crippen molar-refractivity contribution in [3.63, 3.8) is 0 Å². The highest BCUT2D eigenvalue weighted by Gasteiger charge is 2.30. The molecule has 2 amide bonds. The molecular formula is C21H17F3N2O3. The molecule has 0 bridgehead atoms. The van der Waals surface area contributed by atoms with Crippen LogP contribution in [0.15, 0.2) is 71.1 Å². The number of alkyl halides is 3. The van der Waals surface area contributed by atoms with Crippen molar-refractivity contribution in [1.82, 2.24) is 10.6 Å². The lowest BCUT2D eigenvalue weighted by Crippen LogP contribution is -2.36. The minimum absolute atomic E-state index is 0.103. The van der Waals surface area contributed by atoms with E-state index < -0.39 is 17.6 Å². The lowest BCUT2D eigenvalue weighted by molar-refractivity contribution is -0.137. The average Bonchev–Trinajstić information content (AvgIpc) is 3.21. The van der Waals surface area contributed by atoms with Gasteiger partial charge in [-0.15, -0.1) is 0 Å². The molecule has 0 unspecified atom stereocenters. The van der Waals surface area contributed by atoms with Crippen molar-refractivity contribution in [2.45, 2.75) is 12.7 Å². The maximum absolute atomic E-state index is 12.8. The van der Waals surface area contributed by atoms with Gasteiger partial charge in [0, 0.05) is 12.1 Å². The van der Waals surface area contributed by atoms with Crippen LogP contribution in [-0.4, -0.2) is 18.4 Å². The van der Waals surface area contributed by atoms with Crippen LogP contribution in [0, 0.1) is 0 Å². The number of hydrogen-bond donors (Lipinski definition) is 2. The summed E-state index contributed by atoms with van der Waals surface area (Å²) >= 11 is 0. The van der Waals surface area contributed by atoms with Gasteiger partial charge in [0.1, 0.15) is 5.76 Å². The number of hydrogen-bond acceptors (Lipinski definition) is 3. The van der Waals surface area contributed by atoms with Gasteiger partial charge in [-0.3, -0.25) is 9.59 Å². The Hall–Kier alpha value is -3.55. The van der Waals surface area contributed by atoms with Gasteiger partial charge in [0.25, 0.3) is 5.91 Å². The molecule has 0 aliphatic rings. The Bertz CT molecular complexity index is 998. The topological polar surface area (TPSA) is 71.3 Å². The number of halogens is 3. The summed E-state index contributed by atoms with van der Waals surface area (Å²) in [5.74, 6) is -1.01. The molecule has 0 spiro atoms. The zero-order valence-electron chi connectivity index (χ0n) is 15.1. The van der Waals surface area contributed by atoms with Gasteiger partial charge in [-0.05, 0) is 29.8 Å². The SMILES string of the molecule is O=C(CNC(=O)c1ccc(-c2cccc(C(F)(F)F)c2)o1)NCc1ccccc1. The first kappa shape index (κ1) is 20.2. The second-order valence-electron chi connectivity index (χ2n) is 6.19. The zero-order valence-corrected chi connectivity index (χ0v) is 15.1. The lowest BCUT2D eigenvalue weighted by Gasteiger charge is -2.07. The number of rotatable bonds is 6. The molecule has 0 fully saturated rings. The van der Waals surface area contributed by atoms with Gasteiger partial charge in [0.05, 0.1) is 12.1 Å². The van der Waals surface area contributed by atoms with Crippen molar-refractivity contribution in [3.8, 4) is 11.3 Å². The number of carbonyl (C=O) groups is 2. The van der Waals surface area contributed by atoms with E-state index in [1.54, 1.807) is 0 Å². The second kappa shape index (κ2) is 8.64. The molecule has 0 saturated carbocycles. The van der Waals surface area contributed by atoms with E-state index in [0.29, 0.717) is 6.54 Å². The molecule has 3 aromatic rings. The van der Waals surface area contributed by atoms with Crippen LogP contribution in [0.1, 0.15) is 21.7 Å². The first-order chi connectivity index (χ1) is 13.8. The second-order valence-corrected chi connectivity index (χ2v) is 6.19. The molecule has 0 aliphatic carbocycles. The number of amides is 2. The molecule has 3 rings (SSSR count). The Morgan fingerprint density at radius 3 is 2.38 bits per heavy atom. The molecule has 0 saturated heterocycles. The predicted octanol–water partition coefficient (Wildman–Crippen LogP) is 4.01. The molecule has 2 N–H and O–H groups in total. The molecular weight excluding hydrogens is 385 g/mol. The Kier molecular flexibility index (Phi) is 6.01. The number of benzene rings is 2. The Labute approximate surface area is 164 Å². The molecule has 0 radical (unpaired) electrons. The summed E-state index contributed by atoms with van der Waals surface area (Å²) in [7, 11) is 0. The summed E-state index contributed by atoms with van der Waals surface area (Å²) in [6.07, 6.45) is -4.48. The third-order valence-electron chi connectivity index (χ3n) is 4.05. The maximum atomic E-state index is 12.8.